The Labute approximate surface area is 157 Å². The Hall–Kier alpha value is -2.16. The average Bonchev–Trinajstić information content (AvgIpc) is 2.67. The van der Waals surface area contributed by atoms with E-state index < -0.39 is 5.97 Å². The predicted molar refractivity (Wildman–Crippen MR) is 107 cm³/mol. The molecule has 0 saturated carbocycles. The van der Waals surface area contributed by atoms with Gasteiger partial charge < -0.3 is 4.74 Å². The summed E-state index contributed by atoms with van der Waals surface area (Å²) in [6, 6.07) is 11.5. The molecule has 0 spiro atoms. The van der Waals surface area contributed by atoms with Gasteiger partial charge in [-0.1, -0.05) is 64.7 Å². The smallest absolute Gasteiger partial charge is 0.362 e. The van der Waals surface area contributed by atoms with E-state index in [0.717, 1.165) is 19.3 Å². The summed E-state index contributed by atoms with van der Waals surface area (Å²) in [5, 5.41) is 0. The Morgan fingerprint density at radius 3 is 2.35 bits per heavy atom. The molecule has 0 amide bonds. The molecule has 0 aliphatic heterocycles. The van der Waals surface area contributed by atoms with Crippen LogP contribution in [0.2, 0.25) is 0 Å². The first-order valence-corrected chi connectivity index (χ1v) is 9.88. The Morgan fingerprint density at radius 2 is 1.73 bits per heavy atom. The lowest BCUT2D eigenvalue weighted by Crippen LogP contribution is -2.10. The van der Waals surface area contributed by atoms with Gasteiger partial charge in [-0.2, -0.15) is 0 Å². The summed E-state index contributed by atoms with van der Waals surface area (Å²) in [5.74, 6) is 0.818. The van der Waals surface area contributed by atoms with Gasteiger partial charge in [-0.3, -0.25) is 0 Å². The summed E-state index contributed by atoms with van der Waals surface area (Å²) in [6.45, 7) is 6.65. The van der Waals surface area contributed by atoms with Crippen molar-refractivity contribution in [2.24, 2.45) is 5.92 Å². The molecule has 26 heavy (non-hydrogen) atoms. The highest BCUT2D eigenvalue weighted by molar-refractivity contribution is 5.88. The minimum absolute atomic E-state index is 0.353. The van der Waals surface area contributed by atoms with Gasteiger partial charge in [0.1, 0.15) is 11.4 Å². The van der Waals surface area contributed by atoms with E-state index in [0.29, 0.717) is 17.4 Å². The highest BCUT2D eigenvalue weighted by atomic mass is 16.5. The second kappa shape index (κ2) is 10.7. The van der Waals surface area contributed by atoms with Crippen LogP contribution in [-0.4, -0.2) is 11.0 Å². The number of carbonyl (C=O) groups is 1. The maximum absolute atomic E-state index is 12.2. The molecule has 0 N–H and O–H groups in total. The lowest BCUT2D eigenvalue weighted by molar-refractivity contribution is 0.0728. The molecular weight excluding hydrogens is 322 g/mol. The Balaban J connectivity index is 1.87. The first-order valence-electron chi connectivity index (χ1n) is 9.88. The molecule has 0 fully saturated rings. The van der Waals surface area contributed by atoms with Crippen molar-refractivity contribution in [1.29, 1.82) is 0 Å². The number of hydrogen-bond acceptors (Lipinski definition) is 3. The van der Waals surface area contributed by atoms with Crippen molar-refractivity contribution in [1.82, 2.24) is 4.98 Å². The SMILES string of the molecule is CCCCCCc1ccc(C(=O)Oc2ccc(CC(C)CC)cc2)nc1. The standard InChI is InChI=1S/C23H31NO2/c1-4-6-7-8-9-20-12-15-22(24-17-20)23(25)26-21-13-10-19(11-14-21)16-18(3)5-2/h10-15,17-18H,4-9,16H2,1-3H3. The van der Waals surface area contributed by atoms with E-state index in [4.69, 9.17) is 4.74 Å². The maximum atomic E-state index is 12.2. The number of aromatic nitrogens is 1. The third-order valence-electron chi connectivity index (χ3n) is 4.77. The molecule has 0 aliphatic carbocycles. The molecule has 1 unspecified atom stereocenters. The largest absolute Gasteiger partial charge is 0.422 e. The molecule has 1 aromatic carbocycles. The summed E-state index contributed by atoms with van der Waals surface area (Å²) >= 11 is 0. The molecule has 0 bridgehead atoms. The van der Waals surface area contributed by atoms with Crippen LogP contribution in [0.15, 0.2) is 42.6 Å². The summed E-state index contributed by atoms with van der Waals surface area (Å²) in [7, 11) is 0. The van der Waals surface area contributed by atoms with Gasteiger partial charge >= 0.3 is 5.97 Å². The van der Waals surface area contributed by atoms with Crippen LogP contribution in [0.4, 0.5) is 0 Å². The van der Waals surface area contributed by atoms with Crippen molar-refractivity contribution >= 4 is 5.97 Å². The van der Waals surface area contributed by atoms with Crippen LogP contribution < -0.4 is 4.74 Å². The highest BCUT2D eigenvalue weighted by Crippen LogP contribution is 2.17. The van der Waals surface area contributed by atoms with Crippen molar-refractivity contribution in [3.63, 3.8) is 0 Å². The number of unbranched alkanes of at least 4 members (excludes halogenated alkanes) is 3. The number of carbonyl (C=O) groups excluding carboxylic acids is 1. The molecule has 2 aromatic rings. The number of nitrogens with zero attached hydrogens (tertiary/aromatic N) is 1. The zero-order valence-corrected chi connectivity index (χ0v) is 16.3. The topological polar surface area (TPSA) is 39.2 Å². The zero-order valence-electron chi connectivity index (χ0n) is 16.3. The van der Waals surface area contributed by atoms with Crippen LogP contribution >= 0.6 is 0 Å². The summed E-state index contributed by atoms with van der Waals surface area (Å²) in [4.78, 5) is 16.5. The van der Waals surface area contributed by atoms with E-state index in [1.54, 1.807) is 12.3 Å². The molecule has 140 valence electrons. The fraction of sp³-hybridized carbons (Fsp3) is 0.478. The lowest BCUT2D eigenvalue weighted by atomic mass is 9.99. The second-order valence-electron chi connectivity index (χ2n) is 7.11. The molecule has 0 aliphatic rings. The molecule has 0 radical (unpaired) electrons. The van der Waals surface area contributed by atoms with Gasteiger partial charge in [0, 0.05) is 6.20 Å². The van der Waals surface area contributed by atoms with Crippen molar-refractivity contribution in [2.75, 3.05) is 0 Å². The molecule has 1 aromatic heterocycles. The fourth-order valence-corrected chi connectivity index (χ4v) is 2.85. The number of esters is 1. The molecule has 3 nitrogen and oxygen atoms in total. The Kier molecular flexibility index (Phi) is 8.33. The summed E-state index contributed by atoms with van der Waals surface area (Å²) in [5.41, 5.74) is 2.79. The van der Waals surface area contributed by atoms with Crippen molar-refractivity contribution in [3.05, 3.63) is 59.4 Å². The van der Waals surface area contributed by atoms with E-state index in [-0.39, 0.29) is 0 Å². The van der Waals surface area contributed by atoms with Crippen LogP contribution in [0, 0.1) is 5.92 Å². The first-order chi connectivity index (χ1) is 12.6. The van der Waals surface area contributed by atoms with Crippen molar-refractivity contribution in [2.45, 2.75) is 65.7 Å². The number of hydrogen-bond donors (Lipinski definition) is 0. The van der Waals surface area contributed by atoms with Crippen molar-refractivity contribution < 1.29 is 9.53 Å². The second-order valence-corrected chi connectivity index (χ2v) is 7.11. The molecule has 1 heterocycles. The molecule has 0 saturated heterocycles. The van der Waals surface area contributed by atoms with Crippen LogP contribution in [0.1, 0.15) is 74.5 Å². The maximum Gasteiger partial charge on any atom is 0.362 e. The molecule has 3 heteroatoms. The van der Waals surface area contributed by atoms with Gasteiger partial charge in [-0.05, 0) is 54.5 Å². The van der Waals surface area contributed by atoms with Crippen LogP contribution in [0.3, 0.4) is 0 Å². The van der Waals surface area contributed by atoms with Crippen LogP contribution in [-0.2, 0) is 12.8 Å². The van der Waals surface area contributed by atoms with E-state index >= 15 is 0 Å². The van der Waals surface area contributed by atoms with E-state index in [1.807, 2.05) is 30.3 Å². The van der Waals surface area contributed by atoms with Gasteiger partial charge in [-0.25, -0.2) is 9.78 Å². The minimum atomic E-state index is -0.405. The van der Waals surface area contributed by atoms with Crippen LogP contribution in [0.25, 0.3) is 0 Å². The molecule has 1 atom stereocenters. The van der Waals surface area contributed by atoms with Gasteiger partial charge in [-0.15, -0.1) is 0 Å². The normalized spacial score (nSPS) is 12.0. The van der Waals surface area contributed by atoms with E-state index in [2.05, 4.69) is 25.8 Å². The average molecular weight is 354 g/mol. The highest BCUT2D eigenvalue weighted by Gasteiger charge is 2.10. The zero-order chi connectivity index (χ0) is 18.8. The third-order valence-corrected chi connectivity index (χ3v) is 4.77. The monoisotopic (exact) mass is 353 g/mol. The predicted octanol–water partition coefficient (Wildman–Crippen LogP) is 6.01. The number of rotatable bonds is 10. The van der Waals surface area contributed by atoms with Crippen molar-refractivity contribution in [3.8, 4) is 5.75 Å². The lowest BCUT2D eigenvalue weighted by Gasteiger charge is -2.09. The molecular formula is C23H31NO2. The Bertz CT molecular complexity index is 662. The number of pyridine rings is 1. The van der Waals surface area contributed by atoms with Gasteiger partial charge in [0.05, 0.1) is 0 Å². The quantitative estimate of drug-likeness (QED) is 0.298. The first kappa shape index (κ1) is 20.2. The molecule has 2 rings (SSSR count). The van der Waals surface area contributed by atoms with Gasteiger partial charge in [0.2, 0.25) is 0 Å². The number of aryl methyl sites for hydroxylation is 1. The Morgan fingerprint density at radius 1 is 1.00 bits per heavy atom. The summed E-state index contributed by atoms with van der Waals surface area (Å²) in [6.07, 6.45) is 9.94. The minimum Gasteiger partial charge on any atom is -0.422 e. The van der Waals surface area contributed by atoms with E-state index in [1.165, 1.54) is 36.8 Å². The third kappa shape index (κ3) is 6.62. The summed E-state index contributed by atoms with van der Waals surface area (Å²) < 4.78 is 5.44. The van der Waals surface area contributed by atoms with E-state index in [9.17, 15) is 4.79 Å². The van der Waals surface area contributed by atoms with Crippen LogP contribution in [0.5, 0.6) is 5.75 Å². The van der Waals surface area contributed by atoms with Gasteiger partial charge in [0.15, 0.2) is 0 Å². The number of ether oxygens (including phenoxy) is 1. The fourth-order valence-electron chi connectivity index (χ4n) is 2.85. The van der Waals surface area contributed by atoms with Gasteiger partial charge in [0.25, 0.3) is 0 Å². The number of benzene rings is 1.